The predicted molar refractivity (Wildman–Crippen MR) is 279 cm³/mol. The summed E-state index contributed by atoms with van der Waals surface area (Å²) >= 11 is 0. The number of allylic oxidation sites excluding steroid dienone is 5. The Balaban J connectivity index is 3.93. The van der Waals surface area contributed by atoms with Crippen molar-refractivity contribution >= 4 is 13.7 Å². The number of phosphoric acid groups is 1. The molecule has 0 aliphatic heterocycles. The molecule has 65 heavy (non-hydrogen) atoms. The van der Waals surface area contributed by atoms with Crippen LogP contribution in [0.2, 0.25) is 0 Å². The minimum atomic E-state index is -4.58. The zero-order valence-corrected chi connectivity index (χ0v) is 44.6. The van der Waals surface area contributed by atoms with E-state index in [0.29, 0.717) is 17.4 Å². The summed E-state index contributed by atoms with van der Waals surface area (Å²) in [5.74, 6) is -0.196. The monoisotopic (exact) mass is 937 g/mol. The summed E-state index contributed by atoms with van der Waals surface area (Å²) in [5, 5.41) is 13.8. The van der Waals surface area contributed by atoms with Gasteiger partial charge in [0.15, 0.2) is 0 Å². The Morgan fingerprint density at radius 1 is 0.538 bits per heavy atom. The van der Waals surface area contributed by atoms with Crippen molar-refractivity contribution in [2.45, 2.75) is 276 Å². The van der Waals surface area contributed by atoms with Crippen LogP contribution in [0.3, 0.4) is 0 Å². The highest BCUT2D eigenvalue weighted by atomic mass is 31.2. The van der Waals surface area contributed by atoms with Crippen molar-refractivity contribution in [2.24, 2.45) is 0 Å². The van der Waals surface area contributed by atoms with Gasteiger partial charge in [-0.3, -0.25) is 9.36 Å². The van der Waals surface area contributed by atoms with E-state index in [4.69, 9.17) is 9.05 Å². The van der Waals surface area contributed by atoms with Crippen molar-refractivity contribution in [3.05, 3.63) is 36.5 Å². The number of unbranched alkanes of at least 4 members (excludes halogenated alkanes) is 34. The highest BCUT2D eigenvalue weighted by molar-refractivity contribution is 7.45. The first-order valence-corrected chi connectivity index (χ1v) is 29.3. The third-order valence-corrected chi connectivity index (χ3v) is 13.6. The fourth-order valence-electron chi connectivity index (χ4n) is 8.18. The van der Waals surface area contributed by atoms with Crippen molar-refractivity contribution < 1.29 is 32.9 Å². The molecule has 0 spiro atoms. The van der Waals surface area contributed by atoms with E-state index in [9.17, 15) is 19.4 Å². The van der Waals surface area contributed by atoms with Gasteiger partial charge < -0.3 is 28.8 Å². The van der Waals surface area contributed by atoms with E-state index in [1.807, 2.05) is 27.2 Å². The summed E-state index contributed by atoms with van der Waals surface area (Å²) < 4.78 is 23.2. The van der Waals surface area contributed by atoms with Crippen LogP contribution in [0.1, 0.15) is 264 Å². The molecular weight excluding hydrogens is 828 g/mol. The van der Waals surface area contributed by atoms with Gasteiger partial charge >= 0.3 is 0 Å². The van der Waals surface area contributed by atoms with Gasteiger partial charge in [0.1, 0.15) is 13.2 Å². The van der Waals surface area contributed by atoms with Crippen LogP contribution in [0, 0.1) is 0 Å². The van der Waals surface area contributed by atoms with Crippen LogP contribution in [0.5, 0.6) is 0 Å². The van der Waals surface area contributed by atoms with Crippen LogP contribution in [0.4, 0.5) is 0 Å². The molecule has 0 aliphatic carbocycles. The summed E-state index contributed by atoms with van der Waals surface area (Å²) in [6.45, 7) is 4.63. The van der Waals surface area contributed by atoms with E-state index in [0.717, 1.165) is 44.9 Å². The second kappa shape index (κ2) is 47.8. The number of phosphoric ester groups is 1. The van der Waals surface area contributed by atoms with Gasteiger partial charge in [-0.15, -0.1) is 0 Å². The Bertz CT molecular complexity index is 1150. The molecule has 0 saturated heterocycles. The molecule has 0 aromatic heterocycles. The van der Waals surface area contributed by atoms with E-state index < -0.39 is 20.0 Å². The lowest BCUT2D eigenvalue weighted by atomic mass is 10.0. The number of rotatable bonds is 51. The van der Waals surface area contributed by atoms with E-state index in [1.165, 1.54) is 199 Å². The second-order valence-electron chi connectivity index (χ2n) is 20.3. The molecule has 384 valence electrons. The normalized spacial score (nSPS) is 14.3. The number of carbonyl (C=O) groups excluding carboxylic acids is 1. The molecule has 0 aromatic rings. The first-order chi connectivity index (χ1) is 31.5. The highest BCUT2D eigenvalue weighted by Gasteiger charge is 2.23. The van der Waals surface area contributed by atoms with Crippen LogP contribution in [0.15, 0.2) is 36.5 Å². The molecule has 3 unspecified atom stereocenters. The number of amides is 1. The molecule has 1 amide bonds. The smallest absolute Gasteiger partial charge is 0.268 e. The zero-order valence-electron chi connectivity index (χ0n) is 43.7. The van der Waals surface area contributed by atoms with Gasteiger partial charge in [0.05, 0.1) is 39.9 Å². The topological polar surface area (TPSA) is 108 Å². The molecule has 0 rings (SSSR count). The average molecular weight is 937 g/mol. The number of aliphatic hydroxyl groups excluding tert-OH is 1. The van der Waals surface area contributed by atoms with Gasteiger partial charge in [0, 0.05) is 6.42 Å². The van der Waals surface area contributed by atoms with Crippen molar-refractivity contribution in [2.75, 3.05) is 40.9 Å². The Morgan fingerprint density at radius 3 is 1.28 bits per heavy atom. The van der Waals surface area contributed by atoms with Gasteiger partial charge in [-0.2, -0.15) is 0 Å². The van der Waals surface area contributed by atoms with Crippen molar-refractivity contribution in [3.63, 3.8) is 0 Å². The lowest BCUT2D eigenvalue weighted by molar-refractivity contribution is -0.870. The molecule has 0 radical (unpaired) electrons. The standard InChI is InChI=1S/C56H109N2O6P/c1-6-8-10-12-14-16-18-19-20-21-22-23-24-25-26-27-28-29-30-31-32-33-34-35-36-37-38-39-40-42-44-46-48-50-56(60)57-54(53-64-65(61,62)63-52-51-58(3,4)5)55(59)49-47-45-43-41-17-15-13-11-9-7-2/h18-19,21-22,47,49,54-55,59H,6-17,20,23-46,48,50-53H2,1-5H3,(H-,57,60,61,62)/b19-18-,22-21-,49-47+. The highest BCUT2D eigenvalue weighted by Crippen LogP contribution is 2.38. The van der Waals surface area contributed by atoms with Gasteiger partial charge in [-0.05, 0) is 51.4 Å². The number of nitrogens with zero attached hydrogens (tertiary/aromatic N) is 1. The number of nitrogens with one attached hydrogen (secondary N) is 1. The Labute approximate surface area is 404 Å². The maximum absolute atomic E-state index is 12.9. The summed E-state index contributed by atoms with van der Waals surface area (Å²) in [6, 6.07) is -0.882. The summed E-state index contributed by atoms with van der Waals surface area (Å²) in [7, 11) is 1.27. The molecule has 9 heteroatoms. The number of quaternary nitrogens is 1. The quantitative estimate of drug-likeness (QED) is 0.0272. The molecule has 2 N–H and O–H groups in total. The molecule has 3 atom stereocenters. The third kappa shape index (κ3) is 50.4. The summed E-state index contributed by atoms with van der Waals surface area (Å²) in [4.78, 5) is 25.4. The number of hydrogen-bond acceptors (Lipinski definition) is 6. The third-order valence-electron chi connectivity index (χ3n) is 12.6. The fourth-order valence-corrected chi connectivity index (χ4v) is 8.91. The Morgan fingerprint density at radius 2 is 0.892 bits per heavy atom. The van der Waals surface area contributed by atoms with Crippen LogP contribution in [0.25, 0.3) is 0 Å². The van der Waals surface area contributed by atoms with E-state index >= 15 is 0 Å². The van der Waals surface area contributed by atoms with Crippen LogP contribution in [-0.2, 0) is 18.4 Å². The van der Waals surface area contributed by atoms with E-state index in [-0.39, 0.29) is 19.1 Å². The van der Waals surface area contributed by atoms with E-state index in [2.05, 4.69) is 43.5 Å². The number of aliphatic hydroxyl groups is 1. The van der Waals surface area contributed by atoms with Crippen LogP contribution >= 0.6 is 7.82 Å². The molecule has 8 nitrogen and oxygen atoms in total. The van der Waals surface area contributed by atoms with Crippen LogP contribution in [-0.4, -0.2) is 68.5 Å². The molecule has 0 fully saturated rings. The number of carbonyl (C=O) groups is 1. The molecule has 0 heterocycles. The van der Waals surface area contributed by atoms with Gasteiger partial charge in [0.25, 0.3) is 7.82 Å². The molecule has 0 bridgehead atoms. The summed E-state index contributed by atoms with van der Waals surface area (Å²) in [5.41, 5.74) is 0. The number of hydrogen-bond donors (Lipinski definition) is 2. The maximum Gasteiger partial charge on any atom is 0.268 e. The maximum atomic E-state index is 12.9. The second-order valence-corrected chi connectivity index (χ2v) is 21.7. The minimum absolute atomic E-state index is 0.000333. The Kier molecular flexibility index (Phi) is 46.8. The first-order valence-electron chi connectivity index (χ1n) is 27.9. The summed E-state index contributed by atoms with van der Waals surface area (Å²) in [6.07, 6.45) is 61.0. The van der Waals surface area contributed by atoms with Gasteiger partial charge in [0.2, 0.25) is 5.91 Å². The first kappa shape index (κ1) is 63.7. The molecule has 0 aliphatic rings. The van der Waals surface area contributed by atoms with Gasteiger partial charge in [-0.25, -0.2) is 0 Å². The van der Waals surface area contributed by atoms with Crippen molar-refractivity contribution in [1.29, 1.82) is 0 Å². The molecule has 0 saturated carbocycles. The van der Waals surface area contributed by atoms with E-state index in [1.54, 1.807) is 6.08 Å². The lowest BCUT2D eigenvalue weighted by Gasteiger charge is -2.29. The minimum Gasteiger partial charge on any atom is -0.756 e. The Hall–Kier alpha value is -1.28. The van der Waals surface area contributed by atoms with Gasteiger partial charge in [-0.1, -0.05) is 243 Å². The predicted octanol–water partition coefficient (Wildman–Crippen LogP) is 16.0. The van der Waals surface area contributed by atoms with Crippen molar-refractivity contribution in [3.8, 4) is 0 Å². The molecule has 0 aromatic carbocycles. The zero-order chi connectivity index (χ0) is 47.8. The SMILES string of the molecule is CCCCCCC/C=C\C/C=C\CCCCCCCCCCCCCCCCCCCCCCCC(=O)NC(COP(=O)([O-])OCC[N+](C)(C)C)C(O)/C=C/CCCCCCCCCC. The largest absolute Gasteiger partial charge is 0.756 e. The average Bonchev–Trinajstić information content (AvgIpc) is 3.26. The van der Waals surface area contributed by atoms with Crippen molar-refractivity contribution in [1.82, 2.24) is 5.32 Å². The number of likely N-dealkylation sites (N-methyl/N-ethyl adjacent to an activating group) is 1. The molecular formula is C56H109N2O6P. The van der Waals surface area contributed by atoms with Crippen LogP contribution < -0.4 is 10.2 Å². The lowest BCUT2D eigenvalue weighted by Crippen LogP contribution is -2.45. The fraction of sp³-hybridized carbons (Fsp3) is 0.875.